The first-order valence-electron chi connectivity index (χ1n) is 7.69. The fourth-order valence-electron chi connectivity index (χ4n) is 3.07. The molecule has 3 heterocycles. The molecule has 2 atom stereocenters. The van der Waals surface area contributed by atoms with Gasteiger partial charge in [-0.2, -0.15) is 0 Å². The van der Waals surface area contributed by atoms with E-state index in [1.807, 2.05) is 19.0 Å². The van der Waals surface area contributed by atoms with Gasteiger partial charge >= 0.3 is 0 Å². The fourth-order valence-corrected chi connectivity index (χ4v) is 3.07. The normalized spacial score (nSPS) is 24.7. The van der Waals surface area contributed by atoms with Crippen LogP contribution in [0.2, 0.25) is 0 Å². The molecule has 1 amide bonds. The first kappa shape index (κ1) is 15.0. The Kier molecular flexibility index (Phi) is 4.15. The van der Waals surface area contributed by atoms with Crippen molar-refractivity contribution in [3.63, 3.8) is 0 Å². The lowest BCUT2D eigenvalue weighted by Crippen LogP contribution is -2.34. The number of carbonyl (C=O) groups is 1. The number of anilines is 1. The SMILES string of the molecule is CN(C)c1nc([C@@H]2CCN(C(=O)[C@H]3CCOC3)C2)cc(=O)[nH]1. The highest BCUT2D eigenvalue weighted by molar-refractivity contribution is 5.79. The first-order valence-corrected chi connectivity index (χ1v) is 7.69. The maximum Gasteiger partial charge on any atom is 0.252 e. The molecule has 2 aliphatic rings. The molecular weight excluding hydrogens is 284 g/mol. The molecule has 1 N–H and O–H groups in total. The van der Waals surface area contributed by atoms with Crippen molar-refractivity contribution in [2.45, 2.75) is 18.8 Å². The molecule has 3 rings (SSSR count). The number of nitrogens with zero attached hydrogens (tertiary/aromatic N) is 3. The summed E-state index contributed by atoms with van der Waals surface area (Å²) in [6.07, 6.45) is 1.66. The van der Waals surface area contributed by atoms with Gasteiger partial charge in [-0.25, -0.2) is 4.98 Å². The number of hydrogen-bond donors (Lipinski definition) is 1. The molecule has 7 heteroatoms. The molecule has 120 valence electrons. The van der Waals surface area contributed by atoms with E-state index in [-0.39, 0.29) is 23.3 Å². The van der Waals surface area contributed by atoms with Gasteiger partial charge in [0.2, 0.25) is 11.9 Å². The van der Waals surface area contributed by atoms with Gasteiger partial charge in [-0.15, -0.1) is 0 Å². The van der Waals surface area contributed by atoms with E-state index in [1.165, 1.54) is 0 Å². The van der Waals surface area contributed by atoms with Gasteiger partial charge < -0.3 is 14.5 Å². The first-order chi connectivity index (χ1) is 10.5. The van der Waals surface area contributed by atoms with Gasteiger partial charge in [0.05, 0.1) is 18.2 Å². The lowest BCUT2D eigenvalue weighted by atomic mass is 10.0. The van der Waals surface area contributed by atoms with Crippen LogP contribution in [0.3, 0.4) is 0 Å². The molecule has 22 heavy (non-hydrogen) atoms. The van der Waals surface area contributed by atoms with Crippen molar-refractivity contribution < 1.29 is 9.53 Å². The highest BCUT2D eigenvalue weighted by atomic mass is 16.5. The van der Waals surface area contributed by atoms with Crippen LogP contribution >= 0.6 is 0 Å². The Hall–Kier alpha value is -1.89. The van der Waals surface area contributed by atoms with Crippen molar-refractivity contribution in [2.24, 2.45) is 5.92 Å². The van der Waals surface area contributed by atoms with Gasteiger partial charge in [-0.1, -0.05) is 0 Å². The maximum absolute atomic E-state index is 12.4. The van der Waals surface area contributed by atoms with Gasteiger partial charge in [0.1, 0.15) is 0 Å². The molecule has 1 aromatic heterocycles. The van der Waals surface area contributed by atoms with Crippen LogP contribution in [0.25, 0.3) is 0 Å². The predicted octanol–water partition coefficient (Wildman–Crippen LogP) is 0.188. The summed E-state index contributed by atoms with van der Waals surface area (Å²) < 4.78 is 5.30. The number of carbonyl (C=O) groups excluding carboxylic acids is 1. The smallest absolute Gasteiger partial charge is 0.252 e. The lowest BCUT2D eigenvalue weighted by molar-refractivity contribution is -0.134. The maximum atomic E-state index is 12.4. The van der Waals surface area contributed by atoms with E-state index in [2.05, 4.69) is 9.97 Å². The van der Waals surface area contributed by atoms with Crippen LogP contribution in [0.5, 0.6) is 0 Å². The number of H-pyrrole nitrogens is 1. The third kappa shape index (κ3) is 2.99. The lowest BCUT2D eigenvalue weighted by Gasteiger charge is -2.20. The van der Waals surface area contributed by atoms with Crippen LogP contribution in [0.1, 0.15) is 24.5 Å². The Morgan fingerprint density at radius 1 is 1.45 bits per heavy atom. The molecule has 1 aromatic rings. The second kappa shape index (κ2) is 6.08. The standard InChI is InChI=1S/C15H22N4O3/c1-18(2)15-16-12(7-13(20)17-15)10-3-5-19(8-10)14(21)11-4-6-22-9-11/h7,10-11H,3-6,8-9H2,1-2H3,(H,16,17,20)/t10-,11+/m1/s1. The number of likely N-dealkylation sites (tertiary alicyclic amines) is 1. The van der Waals surface area contributed by atoms with E-state index in [9.17, 15) is 9.59 Å². The van der Waals surface area contributed by atoms with Crippen LogP contribution in [-0.4, -0.2) is 61.2 Å². The van der Waals surface area contributed by atoms with E-state index >= 15 is 0 Å². The van der Waals surface area contributed by atoms with Gasteiger partial charge in [0.15, 0.2) is 0 Å². The Bertz CT molecular complexity index is 607. The van der Waals surface area contributed by atoms with E-state index in [0.717, 1.165) is 25.1 Å². The monoisotopic (exact) mass is 306 g/mol. The number of aromatic nitrogens is 2. The summed E-state index contributed by atoms with van der Waals surface area (Å²) in [5, 5.41) is 0. The van der Waals surface area contributed by atoms with Crippen molar-refractivity contribution in [3.8, 4) is 0 Å². The zero-order valence-corrected chi connectivity index (χ0v) is 13.0. The Morgan fingerprint density at radius 2 is 2.27 bits per heavy atom. The molecule has 2 fully saturated rings. The van der Waals surface area contributed by atoms with Crippen molar-refractivity contribution in [1.29, 1.82) is 0 Å². The molecule has 0 radical (unpaired) electrons. The summed E-state index contributed by atoms with van der Waals surface area (Å²) in [6, 6.07) is 1.55. The van der Waals surface area contributed by atoms with E-state index in [4.69, 9.17) is 4.74 Å². The second-order valence-corrected chi connectivity index (χ2v) is 6.22. The van der Waals surface area contributed by atoms with E-state index < -0.39 is 0 Å². The average Bonchev–Trinajstić information content (AvgIpc) is 3.17. The number of nitrogens with one attached hydrogen (secondary N) is 1. The van der Waals surface area contributed by atoms with Crippen molar-refractivity contribution in [3.05, 3.63) is 22.1 Å². The Labute approximate surface area is 129 Å². The number of amides is 1. The average molecular weight is 306 g/mol. The van der Waals surface area contributed by atoms with Crippen LogP contribution in [-0.2, 0) is 9.53 Å². The van der Waals surface area contributed by atoms with Crippen LogP contribution in [0.4, 0.5) is 5.95 Å². The van der Waals surface area contributed by atoms with Crippen molar-refractivity contribution in [2.75, 3.05) is 45.3 Å². The summed E-state index contributed by atoms with van der Waals surface area (Å²) in [4.78, 5) is 35.1. The number of aromatic amines is 1. The summed E-state index contributed by atoms with van der Waals surface area (Å²) in [5.41, 5.74) is 0.619. The van der Waals surface area contributed by atoms with Crippen molar-refractivity contribution in [1.82, 2.24) is 14.9 Å². The van der Waals surface area contributed by atoms with Crippen LogP contribution in [0, 0.1) is 5.92 Å². The summed E-state index contributed by atoms with van der Waals surface area (Å²) in [7, 11) is 3.68. The quantitative estimate of drug-likeness (QED) is 0.862. The van der Waals surface area contributed by atoms with Crippen LogP contribution in [0.15, 0.2) is 10.9 Å². The van der Waals surface area contributed by atoms with E-state index in [0.29, 0.717) is 25.7 Å². The molecule has 0 aliphatic carbocycles. The predicted molar refractivity (Wildman–Crippen MR) is 82.0 cm³/mol. The van der Waals surface area contributed by atoms with Crippen molar-refractivity contribution >= 4 is 11.9 Å². The molecule has 2 aliphatic heterocycles. The Balaban J connectivity index is 1.72. The van der Waals surface area contributed by atoms with Gasteiger partial charge in [0, 0.05) is 45.8 Å². The van der Waals surface area contributed by atoms with Crippen LogP contribution < -0.4 is 10.5 Å². The molecule has 0 unspecified atom stereocenters. The minimum atomic E-state index is -0.150. The Morgan fingerprint density at radius 3 is 2.95 bits per heavy atom. The van der Waals surface area contributed by atoms with Gasteiger partial charge in [-0.05, 0) is 12.8 Å². The summed E-state index contributed by atoms with van der Waals surface area (Å²) >= 11 is 0. The second-order valence-electron chi connectivity index (χ2n) is 6.22. The topological polar surface area (TPSA) is 78.5 Å². The number of rotatable bonds is 3. The molecule has 0 bridgehead atoms. The van der Waals surface area contributed by atoms with Gasteiger partial charge in [-0.3, -0.25) is 14.6 Å². The third-order valence-corrected chi connectivity index (χ3v) is 4.37. The van der Waals surface area contributed by atoms with Gasteiger partial charge in [0.25, 0.3) is 5.56 Å². The number of ether oxygens (including phenoxy) is 1. The molecule has 2 saturated heterocycles. The third-order valence-electron chi connectivity index (χ3n) is 4.37. The summed E-state index contributed by atoms with van der Waals surface area (Å²) in [5.74, 6) is 0.865. The van der Waals surface area contributed by atoms with E-state index in [1.54, 1.807) is 11.0 Å². The molecule has 0 spiro atoms. The summed E-state index contributed by atoms with van der Waals surface area (Å²) in [6.45, 7) is 2.58. The highest BCUT2D eigenvalue weighted by Gasteiger charge is 2.34. The highest BCUT2D eigenvalue weighted by Crippen LogP contribution is 2.28. The molecule has 0 saturated carbocycles. The zero-order chi connectivity index (χ0) is 15.7. The zero-order valence-electron chi connectivity index (χ0n) is 13.0. The molecular formula is C15H22N4O3. The largest absolute Gasteiger partial charge is 0.381 e. The molecule has 7 nitrogen and oxygen atoms in total. The minimum absolute atomic E-state index is 0.00298. The fraction of sp³-hybridized carbons (Fsp3) is 0.667. The molecule has 0 aromatic carbocycles. The minimum Gasteiger partial charge on any atom is -0.381 e. The number of hydrogen-bond acceptors (Lipinski definition) is 5.